The number of anilines is 1. The van der Waals surface area contributed by atoms with Gasteiger partial charge in [0.25, 0.3) is 10.0 Å². The first-order chi connectivity index (χ1) is 16.9. The molecule has 1 N–H and O–H groups in total. The molecule has 1 spiro atoms. The molecule has 0 saturated heterocycles. The van der Waals surface area contributed by atoms with Crippen molar-refractivity contribution in [1.29, 1.82) is 0 Å². The van der Waals surface area contributed by atoms with E-state index in [0.29, 0.717) is 41.2 Å². The van der Waals surface area contributed by atoms with Gasteiger partial charge < -0.3 is 18.7 Å². The van der Waals surface area contributed by atoms with Gasteiger partial charge in [0.2, 0.25) is 0 Å². The third-order valence-corrected chi connectivity index (χ3v) is 8.23. The van der Waals surface area contributed by atoms with Gasteiger partial charge in [-0.2, -0.15) is 5.10 Å². The van der Waals surface area contributed by atoms with Crippen molar-refractivity contribution in [2.45, 2.75) is 36.6 Å². The van der Waals surface area contributed by atoms with E-state index in [9.17, 15) is 8.42 Å². The summed E-state index contributed by atoms with van der Waals surface area (Å²) >= 11 is 0. The third kappa shape index (κ3) is 3.33. The van der Waals surface area contributed by atoms with Crippen LogP contribution in [0, 0.1) is 6.92 Å². The molecule has 0 bridgehead atoms. The van der Waals surface area contributed by atoms with Gasteiger partial charge in [-0.15, -0.1) is 0 Å². The summed E-state index contributed by atoms with van der Waals surface area (Å²) in [5.74, 6) is 1.23. The van der Waals surface area contributed by atoms with Crippen LogP contribution in [0.1, 0.15) is 29.5 Å². The van der Waals surface area contributed by atoms with Crippen molar-refractivity contribution in [2.75, 3.05) is 25.5 Å². The lowest BCUT2D eigenvalue weighted by atomic mass is 9.98. The van der Waals surface area contributed by atoms with Crippen LogP contribution in [-0.2, 0) is 22.0 Å². The molecule has 11 heteroatoms. The molecule has 3 heterocycles. The smallest absolute Gasteiger partial charge is 0.270 e. The summed E-state index contributed by atoms with van der Waals surface area (Å²) in [4.78, 5) is -0.0302. The molecule has 10 nitrogen and oxygen atoms in total. The molecule has 0 radical (unpaired) electrons. The fourth-order valence-electron chi connectivity index (χ4n) is 4.93. The largest absolute Gasteiger partial charge is 0.496 e. The van der Waals surface area contributed by atoms with E-state index in [1.54, 1.807) is 30.1 Å². The number of fused-ring (bicyclic) bond motifs is 3. The number of nitrogens with one attached hydrogen (secondary N) is 1. The summed E-state index contributed by atoms with van der Waals surface area (Å²) in [5, 5.41) is 8.80. The third-order valence-electron chi connectivity index (χ3n) is 6.84. The second-order valence-electron chi connectivity index (χ2n) is 8.95. The zero-order valence-corrected chi connectivity index (χ0v) is 20.3. The van der Waals surface area contributed by atoms with E-state index < -0.39 is 10.0 Å². The van der Waals surface area contributed by atoms with Gasteiger partial charge in [-0.05, 0) is 38.0 Å². The maximum absolute atomic E-state index is 13.7. The number of ether oxygens (including phenoxy) is 3. The van der Waals surface area contributed by atoms with E-state index >= 15 is 0 Å². The summed E-state index contributed by atoms with van der Waals surface area (Å²) < 4.78 is 54.2. The van der Waals surface area contributed by atoms with Crippen molar-refractivity contribution >= 4 is 26.8 Å². The number of sulfonamides is 1. The zero-order chi connectivity index (χ0) is 24.4. The molecular formula is C24H24N4O6S. The predicted molar refractivity (Wildman–Crippen MR) is 127 cm³/mol. The van der Waals surface area contributed by atoms with Crippen molar-refractivity contribution in [2.24, 2.45) is 0 Å². The Morgan fingerprint density at radius 3 is 2.74 bits per heavy atom. The number of hydrogen-bond acceptors (Lipinski definition) is 8. The van der Waals surface area contributed by atoms with Gasteiger partial charge >= 0.3 is 0 Å². The highest BCUT2D eigenvalue weighted by Crippen LogP contribution is 2.58. The number of benzene rings is 2. The molecule has 4 aromatic rings. The van der Waals surface area contributed by atoms with Crippen molar-refractivity contribution in [3.63, 3.8) is 0 Å². The summed E-state index contributed by atoms with van der Waals surface area (Å²) in [6, 6.07) is 7.20. The van der Waals surface area contributed by atoms with Gasteiger partial charge in [0.1, 0.15) is 17.2 Å². The van der Waals surface area contributed by atoms with Crippen LogP contribution in [0.3, 0.4) is 0 Å². The summed E-state index contributed by atoms with van der Waals surface area (Å²) in [7, 11) is -1.12. The number of hydrogen-bond donors (Lipinski definition) is 1. The van der Waals surface area contributed by atoms with Gasteiger partial charge in [0, 0.05) is 34.5 Å². The SMILES string of the molecule is COc1ccc2c(c1S(=O)(=O)Nc1noc3cc(Cn4cccn4)c(OC)c(C)c13)OCC21CC1. The van der Waals surface area contributed by atoms with Crippen LogP contribution in [-0.4, -0.2) is 44.2 Å². The van der Waals surface area contributed by atoms with E-state index in [2.05, 4.69) is 15.0 Å². The van der Waals surface area contributed by atoms with Crippen LogP contribution in [0.25, 0.3) is 11.0 Å². The molecule has 1 aliphatic carbocycles. The summed E-state index contributed by atoms with van der Waals surface area (Å²) in [5.41, 5.74) is 2.79. The first kappa shape index (κ1) is 21.8. The van der Waals surface area contributed by atoms with E-state index in [4.69, 9.17) is 18.7 Å². The lowest BCUT2D eigenvalue weighted by Crippen LogP contribution is -2.16. The van der Waals surface area contributed by atoms with Crippen LogP contribution in [0.4, 0.5) is 5.82 Å². The predicted octanol–water partition coefficient (Wildman–Crippen LogP) is 3.62. The molecular weight excluding hydrogens is 472 g/mol. The van der Waals surface area contributed by atoms with Gasteiger partial charge in [-0.1, -0.05) is 11.2 Å². The number of aromatic nitrogens is 3. The Balaban J connectivity index is 1.43. The van der Waals surface area contributed by atoms with Gasteiger partial charge in [-0.3, -0.25) is 9.40 Å². The summed E-state index contributed by atoms with van der Waals surface area (Å²) in [6.45, 7) is 2.77. The van der Waals surface area contributed by atoms with Crippen LogP contribution >= 0.6 is 0 Å². The summed E-state index contributed by atoms with van der Waals surface area (Å²) in [6.07, 6.45) is 5.50. The molecule has 6 rings (SSSR count). The molecule has 182 valence electrons. The molecule has 2 aromatic heterocycles. The average molecular weight is 497 g/mol. The highest BCUT2D eigenvalue weighted by molar-refractivity contribution is 7.93. The minimum absolute atomic E-state index is 0.0302. The molecule has 1 saturated carbocycles. The Morgan fingerprint density at radius 1 is 1.23 bits per heavy atom. The Kier molecular flexibility index (Phi) is 4.75. The number of aryl methyl sites for hydroxylation is 1. The molecule has 1 fully saturated rings. The molecule has 0 amide bonds. The maximum Gasteiger partial charge on any atom is 0.270 e. The van der Waals surface area contributed by atoms with E-state index in [1.807, 2.05) is 25.3 Å². The van der Waals surface area contributed by atoms with Crippen molar-refractivity contribution < 1.29 is 27.2 Å². The highest BCUT2D eigenvalue weighted by Gasteiger charge is 2.52. The minimum atomic E-state index is -4.13. The Morgan fingerprint density at radius 2 is 2.06 bits per heavy atom. The molecule has 35 heavy (non-hydrogen) atoms. The molecule has 0 atom stereocenters. The normalized spacial score (nSPS) is 15.7. The molecule has 2 aliphatic rings. The molecule has 2 aromatic carbocycles. The number of rotatable bonds is 7. The topological polar surface area (TPSA) is 118 Å². The van der Waals surface area contributed by atoms with Crippen LogP contribution < -0.4 is 18.9 Å². The highest BCUT2D eigenvalue weighted by atomic mass is 32.2. The monoisotopic (exact) mass is 496 g/mol. The first-order valence-electron chi connectivity index (χ1n) is 11.2. The van der Waals surface area contributed by atoms with Gasteiger partial charge in [0.05, 0.1) is 32.8 Å². The molecule has 0 unspecified atom stereocenters. The fourth-order valence-corrected chi connectivity index (χ4v) is 6.26. The second kappa shape index (κ2) is 7.64. The van der Waals surface area contributed by atoms with Crippen LogP contribution in [0.2, 0.25) is 0 Å². The maximum atomic E-state index is 13.7. The van der Waals surface area contributed by atoms with Crippen LogP contribution in [0.15, 0.2) is 46.1 Å². The lowest BCUT2D eigenvalue weighted by molar-refractivity contribution is 0.313. The molecule has 1 aliphatic heterocycles. The number of methoxy groups -OCH3 is 2. The zero-order valence-electron chi connectivity index (χ0n) is 19.5. The van der Waals surface area contributed by atoms with Crippen LogP contribution in [0.5, 0.6) is 17.2 Å². The number of nitrogens with zero attached hydrogens (tertiary/aromatic N) is 3. The first-order valence-corrected chi connectivity index (χ1v) is 12.7. The quantitative estimate of drug-likeness (QED) is 0.412. The van der Waals surface area contributed by atoms with Crippen molar-refractivity contribution in [3.05, 3.63) is 53.3 Å². The lowest BCUT2D eigenvalue weighted by Gasteiger charge is -2.15. The average Bonchev–Trinajstić information content (AvgIpc) is 3.11. The minimum Gasteiger partial charge on any atom is -0.496 e. The Labute approximate surface area is 201 Å². The van der Waals surface area contributed by atoms with Gasteiger partial charge in [-0.25, -0.2) is 8.42 Å². The fraction of sp³-hybridized carbons (Fsp3) is 0.333. The second-order valence-corrected chi connectivity index (χ2v) is 10.6. The Hall–Kier alpha value is -3.73. The van der Waals surface area contributed by atoms with Gasteiger partial charge in [0.15, 0.2) is 16.3 Å². The van der Waals surface area contributed by atoms with E-state index in [1.165, 1.54) is 7.11 Å². The standard InChI is InChI=1S/C24H24N4O6S/c1-14-19-18(11-15(20(14)32-3)12-28-10-4-9-25-28)34-26-23(19)27-35(29,30)22-17(31-2)6-5-16-21(22)33-13-24(16)7-8-24/h4-6,9-11H,7-8,12-13H2,1-3H3,(H,26,27). The van der Waals surface area contributed by atoms with Crippen molar-refractivity contribution in [1.82, 2.24) is 14.9 Å². The van der Waals surface area contributed by atoms with E-state index in [0.717, 1.165) is 24.0 Å². The Bertz CT molecular complexity index is 1550. The van der Waals surface area contributed by atoms with E-state index in [-0.39, 0.29) is 21.9 Å². The van der Waals surface area contributed by atoms with Crippen molar-refractivity contribution in [3.8, 4) is 17.2 Å².